The average Bonchev–Trinajstić information content (AvgIpc) is 2.12. The van der Waals surface area contributed by atoms with Crippen molar-refractivity contribution >= 4 is 5.78 Å². The zero-order valence-corrected chi connectivity index (χ0v) is 7.29. The highest BCUT2D eigenvalue weighted by atomic mass is 16.4. The van der Waals surface area contributed by atoms with Gasteiger partial charge in [0.1, 0.15) is 12.2 Å². The lowest BCUT2D eigenvalue weighted by molar-refractivity contribution is -0.138. The van der Waals surface area contributed by atoms with E-state index in [-0.39, 0.29) is 0 Å². The maximum Gasteiger partial charge on any atom is 0.183 e. The van der Waals surface area contributed by atoms with Gasteiger partial charge in [0, 0.05) is 0 Å². The Balaban J connectivity index is 4.25. The first-order chi connectivity index (χ1) is 5.91. The van der Waals surface area contributed by atoms with E-state index in [0.29, 0.717) is 0 Å². The molecule has 0 fully saturated rings. The fourth-order valence-electron chi connectivity index (χ4n) is 0.724. The summed E-state index contributed by atoms with van der Waals surface area (Å²) in [5.74, 6) is -0.892. The van der Waals surface area contributed by atoms with E-state index in [1.807, 2.05) is 0 Å². The van der Waals surface area contributed by atoms with Crippen LogP contribution >= 0.6 is 0 Å². The van der Waals surface area contributed by atoms with Crippen molar-refractivity contribution in [3.63, 3.8) is 0 Å². The van der Waals surface area contributed by atoms with Crippen LogP contribution in [0.3, 0.4) is 0 Å². The molecule has 0 aromatic rings. The van der Waals surface area contributed by atoms with Crippen molar-refractivity contribution in [2.75, 3.05) is 6.61 Å². The van der Waals surface area contributed by atoms with Crippen molar-refractivity contribution in [3.8, 4) is 0 Å². The number of aliphatic hydroxyl groups excluding tert-OH is 4. The van der Waals surface area contributed by atoms with Gasteiger partial charge < -0.3 is 26.2 Å². The molecule has 0 saturated heterocycles. The molecule has 0 amide bonds. The van der Waals surface area contributed by atoms with Gasteiger partial charge in [-0.15, -0.1) is 0 Å². The molecule has 0 rings (SSSR count). The Labute approximate surface area is 75.6 Å². The van der Waals surface area contributed by atoms with Crippen molar-refractivity contribution in [2.45, 2.75) is 31.3 Å². The Kier molecular flexibility index (Phi) is 5.04. The van der Waals surface area contributed by atoms with Crippen LogP contribution in [-0.2, 0) is 4.79 Å². The molecule has 0 heterocycles. The first-order valence-electron chi connectivity index (χ1n) is 3.86. The van der Waals surface area contributed by atoms with E-state index < -0.39 is 36.7 Å². The van der Waals surface area contributed by atoms with Crippen molar-refractivity contribution in [1.29, 1.82) is 0 Å². The molecule has 0 spiro atoms. The Bertz CT molecular complexity index is 172. The molecule has 6 nitrogen and oxygen atoms in total. The minimum absolute atomic E-state index is 0.737. The number of Topliss-reactive ketones (excluding diaryl/α,β-unsaturated/α-hetero) is 1. The minimum atomic E-state index is -1.76. The topological polar surface area (TPSA) is 124 Å². The second-order valence-corrected chi connectivity index (χ2v) is 2.86. The van der Waals surface area contributed by atoms with Crippen LogP contribution < -0.4 is 5.73 Å². The quantitative estimate of drug-likeness (QED) is 0.316. The third-order valence-corrected chi connectivity index (χ3v) is 1.69. The Morgan fingerprint density at radius 1 is 1.38 bits per heavy atom. The molecule has 0 aliphatic rings. The molecule has 78 valence electrons. The predicted molar refractivity (Wildman–Crippen MR) is 43.8 cm³/mol. The van der Waals surface area contributed by atoms with Gasteiger partial charge in [0.25, 0.3) is 0 Å². The molecular formula is C7H15NO5. The van der Waals surface area contributed by atoms with Crippen LogP contribution in [0.5, 0.6) is 0 Å². The number of ketones is 1. The van der Waals surface area contributed by atoms with Gasteiger partial charge in [0.2, 0.25) is 0 Å². The van der Waals surface area contributed by atoms with Gasteiger partial charge in [-0.25, -0.2) is 0 Å². The van der Waals surface area contributed by atoms with Gasteiger partial charge in [-0.1, -0.05) is 0 Å². The van der Waals surface area contributed by atoms with Crippen molar-refractivity contribution in [2.24, 2.45) is 5.73 Å². The smallest absolute Gasteiger partial charge is 0.183 e. The largest absolute Gasteiger partial charge is 0.394 e. The Morgan fingerprint density at radius 3 is 2.15 bits per heavy atom. The number of aliphatic hydroxyl groups is 4. The fourth-order valence-corrected chi connectivity index (χ4v) is 0.724. The highest BCUT2D eigenvalue weighted by Gasteiger charge is 2.30. The molecule has 0 radical (unpaired) electrons. The van der Waals surface area contributed by atoms with Gasteiger partial charge in [0.15, 0.2) is 5.78 Å². The Hall–Kier alpha value is -0.530. The molecule has 13 heavy (non-hydrogen) atoms. The standard InChI is InChI=1S/C7H15NO5/c1-3(10)5(8)7(13)6(12)4(11)2-9/h3-6,9-12H,2,8H2,1H3/t3?,4-,5+,6-/m1/s1. The second kappa shape index (κ2) is 5.25. The maximum atomic E-state index is 11.1. The summed E-state index contributed by atoms with van der Waals surface area (Å²) in [6, 6.07) is -1.25. The van der Waals surface area contributed by atoms with Crippen LogP contribution in [-0.4, -0.2) is 57.2 Å². The number of hydrogen-bond donors (Lipinski definition) is 5. The molecule has 0 bridgehead atoms. The van der Waals surface area contributed by atoms with Crippen LogP contribution in [0.2, 0.25) is 0 Å². The molecule has 0 aromatic heterocycles. The summed E-state index contributed by atoms with van der Waals surface area (Å²) in [6.45, 7) is 0.556. The van der Waals surface area contributed by atoms with Crippen LogP contribution in [0.4, 0.5) is 0 Å². The van der Waals surface area contributed by atoms with Crippen LogP contribution in [0, 0.1) is 0 Å². The van der Waals surface area contributed by atoms with E-state index in [0.717, 1.165) is 0 Å². The lowest BCUT2D eigenvalue weighted by Gasteiger charge is -2.20. The van der Waals surface area contributed by atoms with Gasteiger partial charge in [0.05, 0.1) is 18.8 Å². The Morgan fingerprint density at radius 2 is 1.85 bits per heavy atom. The lowest BCUT2D eigenvalue weighted by atomic mass is 10.0. The SMILES string of the molecule is CC(O)[C@H](N)C(=O)[C@H](O)[C@H](O)CO. The minimum Gasteiger partial charge on any atom is -0.394 e. The second-order valence-electron chi connectivity index (χ2n) is 2.86. The summed E-state index contributed by atoms with van der Waals surface area (Å²) >= 11 is 0. The molecule has 6 heteroatoms. The maximum absolute atomic E-state index is 11.1. The summed E-state index contributed by atoms with van der Waals surface area (Å²) in [7, 11) is 0. The lowest BCUT2D eigenvalue weighted by Crippen LogP contribution is -2.50. The van der Waals surface area contributed by atoms with Gasteiger partial charge in [-0.3, -0.25) is 4.79 Å². The van der Waals surface area contributed by atoms with E-state index in [2.05, 4.69) is 0 Å². The molecule has 1 unspecified atom stereocenters. The summed E-state index contributed by atoms with van der Waals surface area (Å²) in [5, 5.41) is 35.2. The highest BCUT2D eigenvalue weighted by molar-refractivity contribution is 5.88. The van der Waals surface area contributed by atoms with Crippen LogP contribution in [0.15, 0.2) is 0 Å². The first kappa shape index (κ1) is 12.5. The van der Waals surface area contributed by atoms with Gasteiger partial charge >= 0.3 is 0 Å². The van der Waals surface area contributed by atoms with Crippen LogP contribution in [0.25, 0.3) is 0 Å². The van der Waals surface area contributed by atoms with E-state index in [4.69, 9.17) is 26.2 Å². The number of nitrogens with two attached hydrogens (primary N) is 1. The molecule has 0 aromatic carbocycles. The first-order valence-corrected chi connectivity index (χ1v) is 3.86. The normalized spacial score (nSPS) is 20.5. The zero-order valence-electron chi connectivity index (χ0n) is 7.29. The molecule has 0 aliphatic carbocycles. The fraction of sp³-hybridized carbons (Fsp3) is 0.857. The van der Waals surface area contributed by atoms with Gasteiger partial charge in [-0.05, 0) is 6.92 Å². The molecular weight excluding hydrogens is 178 g/mol. The molecule has 0 aliphatic heterocycles. The average molecular weight is 193 g/mol. The zero-order chi connectivity index (χ0) is 10.6. The van der Waals surface area contributed by atoms with E-state index in [1.165, 1.54) is 6.92 Å². The summed E-state index contributed by atoms with van der Waals surface area (Å²) < 4.78 is 0. The van der Waals surface area contributed by atoms with Crippen molar-refractivity contribution in [1.82, 2.24) is 0 Å². The predicted octanol–water partition coefficient (Wildman–Crippen LogP) is -3.02. The van der Waals surface area contributed by atoms with Crippen molar-refractivity contribution < 1.29 is 25.2 Å². The number of carbonyl (C=O) groups excluding carboxylic acids is 1. The number of rotatable bonds is 5. The van der Waals surface area contributed by atoms with E-state index >= 15 is 0 Å². The highest BCUT2D eigenvalue weighted by Crippen LogP contribution is 2.00. The molecule has 0 saturated carbocycles. The molecule has 4 atom stereocenters. The van der Waals surface area contributed by atoms with E-state index in [1.54, 1.807) is 0 Å². The van der Waals surface area contributed by atoms with Gasteiger partial charge in [-0.2, -0.15) is 0 Å². The third kappa shape index (κ3) is 3.37. The number of hydrogen-bond acceptors (Lipinski definition) is 6. The van der Waals surface area contributed by atoms with E-state index in [9.17, 15) is 4.79 Å². The third-order valence-electron chi connectivity index (χ3n) is 1.69. The monoisotopic (exact) mass is 193 g/mol. The molecule has 6 N–H and O–H groups in total. The summed E-state index contributed by atoms with van der Waals surface area (Å²) in [6.07, 6.45) is -4.42. The van der Waals surface area contributed by atoms with Crippen molar-refractivity contribution in [3.05, 3.63) is 0 Å². The van der Waals surface area contributed by atoms with Crippen LogP contribution in [0.1, 0.15) is 6.92 Å². The number of carbonyl (C=O) groups is 1. The summed E-state index contributed by atoms with van der Waals surface area (Å²) in [4.78, 5) is 11.1. The summed E-state index contributed by atoms with van der Waals surface area (Å²) in [5.41, 5.74) is 5.20.